The highest BCUT2D eigenvalue weighted by molar-refractivity contribution is 5.28. The summed E-state index contributed by atoms with van der Waals surface area (Å²) < 4.78 is 0. The predicted molar refractivity (Wildman–Crippen MR) is 102 cm³/mol. The molecule has 3 nitrogen and oxygen atoms in total. The minimum atomic E-state index is -0.502. The molecule has 0 aromatic rings. The third kappa shape index (κ3) is 1.78. The van der Waals surface area contributed by atoms with Crippen LogP contribution in [0.15, 0.2) is 0 Å². The summed E-state index contributed by atoms with van der Waals surface area (Å²) in [7, 11) is 0. The zero-order chi connectivity index (χ0) is 17.8. The average Bonchev–Trinajstić information content (AvgIpc) is 3.02. The van der Waals surface area contributed by atoms with Crippen LogP contribution in [0.3, 0.4) is 0 Å². The van der Waals surface area contributed by atoms with Crippen LogP contribution in [0.5, 0.6) is 0 Å². The standard InChI is InChI=1S/C23H37NO2/c1-20-7-4-9-22(26,14-20)17-12-21-8-2-6-16(21)19-15(5-3-10-24-19)11-23(17,21)18(25)13-20/h15-19,24-26H,2-14H2,1H3/t15-,16-,17+,18+,19-,20+,21+,22-,23+/m1/s1. The van der Waals surface area contributed by atoms with Crippen LogP contribution in [-0.4, -0.2) is 34.5 Å². The second-order valence-electron chi connectivity index (χ2n) is 11.7. The van der Waals surface area contributed by atoms with E-state index in [1.54, 1.807) is 0 Å². The third-order valence-corrected chi connectivity index (χ3v) is 10.7. The van der Waals surface area contributed by atoms with Gasteiger partial charge in [-0.1, -0.05) is 19.8 Å². The van der Waals surface area contributed by atoms with E-state index in [9.17, 15) is 10.2 Å². The number of hydrogen-bond acceptors (Lipinski definition) is 3. The normalized spacial score (nSPS) is 63.6. The molecule has 146 valence electrons. The van der Waals surface area contributed by atoms with Crippen LogP contribution in [0.2, 0.25) is 0 Å². The van der Waals surface area contributed by atoms with E-state index in [2.05, 4.69) is 12.2 Å². The third-order valence-electron chi connectivity index (χ3n) is 10.7. The van der Waals surface area contributed by atoms with Crippen molar-refractivity contribution < 1.29 is 10.2 Å². The van der Waals surface area contributed by atoms with Gasteiger partial charge >= 0.3 is 0 Å². The van der Waals surface area contributed by atoms with Gasteiger partial charge in [0.25, 0.3) is 0 Å². The Bertz CT molecular complexity index is 623. The first-order valence-electron chi connectivity index (χ1n) is 11.6. The van der Waals surface area contributed by atoms with E-state index in [0.717, 1.165) is 37.5 Å². The molecular weight excluding hydrogens is 322 g/mol. The molecule has 0 unspecified atom stereocenters. The lowest BCUT2D eigenvalue weighted by Crippen LogP contribution is -2.75. The molecule has 6 rings (SSSR count). The molecule has 1 saturated heterocycles. The Morgan fingerprint density at radius 3 is 2.73 bits per heavy atom. The van der Waals surface area contributed by atoms with E-state index in [-0.39, 0.29) is 16.9 Å². The molecule has 26 heavy (non-hydrogen) atoms. The van der Waals surface area contributed by atoms with Crippen LogP contribution >= 0.6 is 0 Å². The number of nitrogens with one attached hydrogen (secondary N) is 1. The molecule has 5 aliphatic carbocycles. The Labute approximate surface area is 158 Å². The zero-order valence-electron chi connectivity index (χ0n) is 16.5. The number of aliphatic hydroxyl groups excluding tert-OH is 1. The Morgan fingerprint density at radius 1 is 0.962 bits per heavy atom. The highest BCUT2D eigenvalue weighted by atomic mass is 16.3. The summed E-state index contributed by atoms with van der Waals surface area (Å²) in [4.78, 5) is 0. The van der Waals surface area contributed by atoms with Crippen molar-refractivity contribution in [3.63, 3.8) is 0 Å². The minimum Gasteiger partial charge on any atom is -0.392 e. The van der Waals surface area contributed by atoms with Crippen molar-refractivity contribution in [1.82, 2.24) is 5.32 Å². The van der Waals surface area contributed by atoms with E-state index < -0.39 is 5.60 Å². The van der Waals surface area contributed by atoms with E-state index in [1.165, 1.54) is 57.9 Å². The van der Waals surface area contributed by atoms with E-state index in [1.807, 2.05) is 0 Å². The van der Waals surface area contributed by atoms with Gasteiger partial charge in [-0.05, 0) is 99.3 Å². The first kappa shape index (κ1) is 16.8. The quantitative estimate of drug-likeness (QED) is 0.619. The fraction of sp³-hybridized carbons (Fsp3) is 1.00. The molecule has 1 heterocycles. The van der Waals surface area contributed by atoms with Gasteiger partial charge in [0.2, 0.25) is 0 Å². The molecule has 6 aliphatic rings. The summed E-state index contributed by atoms with van der Waals surface area (Å²) in [5, 5.41) is 27.6. The smallest absolute Gasteiger partial charge is 0.0687 e. The van der Waals surface area contributed by atoms with Crippen molar-refractivity contribution in [3.8, 4) is 0 Å². The maximum absolute atomic E-state index is 11.9. The number of aliphatic hydroxyl groups is 2. The molecule has 0 amide bonds. The van der Waals surface area contributed by atoms with E-state index in [4.69, 9.17) is 0 Å². The van der Waals surface area contributed by atoms with Crippen LogP contribution < -0.4 is 5.32 Å². The lowest BCUT2D eigenvalue weighted by Gasteiger charge is -2.75. The van der Waals surface area contributed by atoms with Crippen LogP contribution in [-0.2, 0) is 0 Å². The maximum Gasteiger partial charge on any atom is 0.0687 e. The average molecular weight is 360 g/mol. The lowest BCUT2D eigenvalue weighted by molar-refractivity contribution is -0.304. The summed E-state index contributed by atoms with van der Waals surface area (Å²) >= 11 is 0. The summed E-state index contributed by atoms with van der Waals surface area (Å²) in [6, 6.07) is 0.692. The van der Waals surface area contributed by atoms with Crippen molar-refractivity contribution in [2.75, 3.05) is 6.54 Å². The summed E-state index contributed by atoms with van der Waals surface area (Å²) in [5.74, 6) is 1.84. The second-order valence-corrected chi connectivity index (χ2v) is 11.7. The van der Waals surface area contributed by atoms with Gasteiger partial charge in [-0.2, -0.15) is 0 Å². The van der Waals surface area contributed by atoms with Crippen molar-refractivity contribution in [2.45, 2.75) is 102 Å². The maximum atomic E-state index is 11.9. The summed E-state index contributed by atoms with van der Waals surface area (Å²) in [6.45, 7) is 3.54. The van der Waals surface area contributed by atoms with E-state index in [0.29, 0.717) is 17.4 Å². The predicted octanol–water partition coefficient (Wildman–Crippen LogP) is 3.63. The van der Waals surface area contributed by atoms with Crippen LogP contribution in [0.4, 0.5) is 0 Å². The van der Waals surface area contributed by atoms with Gasteiger partial charge in [0, 0.05) is 11.5 Å². The number of hydrogen-bond donors (Lipinski definition) is 3. The molecule has 6 fully saturated rings. The van der Waals surface area contributed by atoms with Crippen LogP contribution in [0.1, 0.15) is 84.0 Å². The minimum absolute atomic E-state index is 0.0191. The second kappa shape index (κ2) is 5.07. The van der Waals surface area contributed by atoms with Gasteiger partial charge in [0.15, 0.2) is 0 Å². The first-order chi connectivity index (χ1) is 12.4. The fourth-order valence-corrected chi connectivity index (χ4v) is 10.1. The molecule has 2 bridgehead atoms. The number of rotatable bonds is 0. The highest BCUT2D eigenvalue weighted by Crippen LogP contribution is 2.81. The Kier molecular flexibility index (Phi) is 3.28. The van der Waals surface area contributed by atoms with Gasteiger partial charge < -0.3 is 15.5 Å². The zero-order valence-corrected chi connectivity index (χ0v) is 16.5. The molecule has 0 aromatic heterocycles. The van der Waals surface area contributed by atoms with Crippen LogP contribution in [0.25, 0.3) is 0 Å². The Morgan fingerprint density at radius 2 is 1.85 bits per heavy atom. The monoisotopic (exact) mass is 359 g/mol. The molecular formula is C23H37NO2. The van der Waals surface area contributed by atoms with Crippen molar-refractivity contribution in [2.24, 2.45) is 34.0 Å². The Balaban J connectivity index is 1.49. The highest BCUT2D eigenvalue weighted by Gasteiger charge is 2.79. The van der Waals surface area contributed by atoms with E-state index >= 15 is 0 Å². The largest absolute Gasteiger partial charge is 0.392 e. The molecule has 3 N–H and O–H groups in total. The first-order valence-corrected chi connectivity index (χ1v) is 11.6. The fourth-order valence-electron chi connectivity index (χ4n) is 10.1. The molecule has 2 spiro atoms. The van der Waals surface area contributed by atoms with Gasteiger partial charge in [0.05, 0.1) is 11.7 Å². The molecule has 9 atom stereocenters. The van der Waals surface area contributed by atoms with Crippen molar-refractivity contribution in [1.29, 1.82) is 0 Å². The Hall–Kier alpha value is -0.120. The lowest BCUT2D eigenvalue weighted by atomic mass is 9.31. The van der Waals surface area contributed by atoms with Gasteiger partial charge in [-0.3, -0.25) is 0 Å². The van der Waals surface area contributed by atoms with Crippen LogP contribution in [0, 0.1) is 34.0 Å². The number of fused-ring (bicyclic) bond motifs is 5. The molecule has 0 aromatic carbocycles. The topological polar surface area (TPSA) is 52.5 Å². The van der Waals surface area contributed by atoms with Gasteiger partial charge in [-0.25, -0.2) is 0 Å². The van der Waals surface area contributed by atoms with Gasteiger partial charge in [-0.15, -0.1) is 0 Å². The molecule has 0 radical (unpaired) electrons. The summed E-state index contributed by atoms with van der Waals surface area (Å²) in [6.07, 6.45) is 14.0. The molecule has 5 saturated carbocycles. The SMILES string of the molecule is C[C@@]12CCC[C@@](O)(C1)[C@@H]1C[C@@]34CCC[C@@H]3[C@@H]3NCCC[C@@H]3C[C@@]14[C@@H](O)C2. The molecule has 3 heteroatoms. The van der Waals surface area contributed by atoms with Gasteiger partial charge in [0.1, 0.15) is 0 Å². The molecule has 1 aliphatic heterocycles. The summed E-state index contributed by atoms with van der Waals surface area (Å²) in [5.41, 5.74) is -0.00930. The van der Waals surface area contributed by atoms with Crippen molar-refractivity contribution >= 4 is 0 Å². The number of piperidine rings is 1. The van der Waals surface area contributed by atoms with Crippen molar-refractivity contribution in [3.05, 3.63) is 0 Å².